The highest BCUT2D eigenvalue weighted by Crippen LogP contribution is 2.44. The van der Waals surface area contributed by atoms with E-state index in [9.17, 15) is 4.79 Å². The summed E-state index contributed by atoms with van der Waals surface area (Å²) >= 11 is 0. The monoisotopic (exact) mass is 190 g/mol. The van der Waals surface area contributed by atoms with Gasteiger partial charge in [0, 0.05) is 0 Å². The number of carbonyl (C=O) groups excluding carboxylic acids is 1. The Kier molecular flexibility index (Phi) is 2.01. The third-order valence-corrected chi connectivity index (χ3v) is 2.40. The van der Waals surface area contributed by atoms with Crippen molar-refractivity contribution in [2.24, 2.45) is 5.41 Å². The first kappa shape index (κ1) is 8.82. The Morgan fingerprint density at radius 2 is 2.50 bits per heavy atom. The minimum atomic E-state index is -0.743. The van der Waals surface area contributed by atoms with Gasteiger partial charge in [-0.15, -0.1) is 0 Å². The third kappa shape index (κ3) is 1.49. The van der Waals surface area contributed by atoms with Crippen LogP contribution in [0.2, 0.25) is 0 Å². The second kappa shape index (κ2) is 3.18. The van der Waals surface area contributed by atoms with E-state index in [1.807, 2.05) is 6.07 Å². The van der Waals surface area contributed by atoms with Gasteiger partial charge in [0.2, 0.25) is 5.91 Å². The largest absolute Gasteiger partial charge is 0.467 e. The Morgan fingerprint density at radius 3 is 3.00 bits per heavy atom. The Balaban J connectivity index is 1.88. The second-order valence-corrected chi connectivity index (χ2v) is 3.46. The molecule has 1 heterocycles. The van der Waals surface area contributed by atoms with E-state index < -0.39 is 5.41 Å². The number of nitrogens with one attached hydrogen (secondary N) is 1. The van der Waals surface area contributed by atoms with Crippen LogP contribution < -0.4 is 5.32 Å². The fourth-order valence-electron chi connectivity index (χ4n) is 1.26. The summed E-state index contributed by atoms with van der Waals surface area (Å²) < 4.78 is 5.05. The fourth-order valence-corrected chi connectivity index (χ4v) is 1.26. The van der Waals surface area contributed by atoms with Crippen LogP contribution in [0.5, 0.6) is 0 Å². The van der Waals surface area contributed by atoms with Gasteiger partial charge >= 0.3 is 0 Å². The van der Waals surface area contributed by atoms with Crippen LogP contribution in [0.15, 0.2) is 22.8 Å². The van der Waals surface area contributed by atoms with Gasteiger partial charge in [-0.25, -0.2) is 0 Å². The predicted octanol–water partition coefficient (Wildman–Crippen LogP) is 1.20. The summed E-state index contributed by atoms with van der Waals surface area (Å²) in [6.07, 6.45) is 2.90. The Labute approximate surface area is 81.5 Å². The van der Waals surface area contributed by atoms with Crippen LogP contribution in [0.1, 0.15) is 18.6 Å². The summed E-state index contributed by atoms with van der Waals surface area (Å²) in [5.74, 6) is 0.517. The van der Waals surface area contributed by atoms with Gasteiger partial charge < -0.3 is 9.73 Å². The van der Waals surface area contributed by atoms with Crippen molar-refractivity contribution in [2.45, 2.75) is 19.4 Å². The molecule has 0 unspecified atom stereocenters. The fraction of sp³-hybridized carbons (Fsp3) is 0.400. The first-order valence-electron chi connectivity index (χ1n) is 4.49. The average molecular weight is 190 g/mol. The van der Waals surface area contributed by atoms with Crippen molar-refractivity contribution in [3.8, 4) is 6.07 Å². The molecule has 14 heavy (non-hydrogen) atoms. The SMILES string of the molecule is N#CC1(C(=O)NCc2ccco2)CC1. The molecule has 1 aliphatic carbocycles. The summed E-state index contributed by atoms with van der Waals surface area (Å²) in [4.78, 5) is 11.5. The van der Waals surface area contributed by atoms with E-state index in [1.165, 1.54) is 0 Å². The van der Waals surface area contributed by atoms with E-state index in [4.69, 9.17) is 9.68 Å². The van der Waals surface area contributed by atoms with Crippen LogP contribution >= 0.6 is 0 Å². The van der Waals surface area contributed by atoms with Gasteiger partial charge in [-0.3, -0.25) is 4.79 Å². The molecule has 2 rings (SSSR count). The smallest absolute Gasteiger partial charge is 0.240 e. The van der Waals surface area contributed by atoms with Crippen molar-refractivity contribution in [3.63, 3.8) is 0 Å². The van der Waals surface area contributed by atoms with Crippen LogP contribution in [0.3, 0.4) is 0 Å². The minimum Gasteiger partial charge on any atom is -0.467 e. The quantitative estimate of drug-likeness (QED) is 0.778. The number of amides is 1. The van der Waals surface area contributed by atoms with Crippen molar-refractivity contribution < 1.29 is 9.21 Å². The normalized spacial score (nSPS) is 17.1. The number of hydrogen-bond acceptors (Lipinski definition) is 3. The van der Waals surface area contributed by atoms with E-state index in [-0.39, 0.29) is 5.91 Å². The highest BCUT2D eigenvalue weighted by atomic mass is 16.3. The molecule has 72 valence electrons. The molecule has 1 aliphatic rings. The molecule has 0 saturated heterocycles. The molecule has 0 aliphatic heterocycles. The van der Waals surface area contributed by atoms with Crippen molar-refractivity contribution in [3.05, 3.63) is 24.2 Å². The minimum absolute atomic E-state index is 0.184. The van der Waals surface area contributed by atoms with Crippen LogP contribution in [-0.2, 0) is 11.3 Å². The van der Waals surface area contributed by atoms with E-state index in [0.29, 0.717) is 25.1 Å². The lowest BCUT2D eigenvalue weighted by atomic mass is 10.1. The van der Waals surface area contributed by atoms with Gasteiger partial charge in [0.05, 0.1) is 18.9 Å². The molecule has 4 heteroatoms. The first-order valence-corrected chi connectivity index (χ1v) is 4.49. The van der Waals surface area contributed by atoms with Gasteiger partial charge in [-0.05, 0) is 25.0 Å². The van der Waals surface area contributed by atoms with Crippen LogP contribution in [-0.4, -0.2) is 5.91 Å². The zero-order valence-corrected chi connectivity index (χ0v) is 7.62. The van der Waals surface area contributed by atoms with Crippen molar-refractivity contribution in [1.82, 2.24) is 5.32 Å². The average Bonchev–Trinajstić information content (AvgIpc) is 2.84. The molecule has 0 bridgehead atoms. The number of rotatable bonds is 3. The number of nitrogens with zero attached hydrogens (tertiary/aromatic N) is 1. The predicted molar refractivity (Wildman–Crippen MR) is 47.8 cm³/mol. The van der Waals surface area contributed by atoms with Gasteiger partial charge in [-0.1, -0.05) is 0 Å². The van der Waals surface area contributed by atoms with Crippen LogP contribution in [0.25, 0.3) is 0 Å². The van der Waals surface area contributed by atoms with E-state index in [0.717, 1.165) is 0 Å². The van der Waals surface area contributed by atoms with Gasteiger partial charge in [0.25, 0.3) is 0 Å². The number of nitriles is 1. The molecule has 0 aromatic carbocycles. The van der Waals surface area contributed by atoms with Gasteiger partial charge in [0.15, 0.2) is 0 Å². The molecule has 0 spiro atoms. The highest BCUT2D eigenvalue weighted by Gasteiger charge is 2.50. The summed E-state index contributed by atoms with van der Waals surface area (Å²) in [6.45, 7) is 0.356. The summed E-state index contributed by atoms with van der Waals surface area (Å²) in [5, 5.41) is 11.4. The number of carbonyl (C=O) groups is 1. The zero-order valence-electron chi connectivity index (χ0n) is 7.62. The van der Waals surface area contributed by atoms with Gasteiger partial charge in [0.1, 0.15) is 11.2 Å². The van der Waals surface area contributed by atoms with Crippen molar-refractivity contribution >= 4 is 5.91 Å². The molecular formula is C10H10N2O2. The molecule has 4 nitrogen and oxygen atoms in total. The van der Waals surface area contributed by atoms with Crippen LogP contribution in [0, 0.1) is 16.7 Å². The van der Waals surface area contributed by atoms with Crippen molar-refractivity contribution in [2.75, 3.05) is 0 Å². The lowest BCUT2D eigenvalue weighted by molar-refractivity contribution is -0.124. The molecule has 1 amide bonds. The maximum Gasteiger partial charge on any atom is 0.240 e. The molecule has 0 atom stereocenters. The number of hydrogen-bond donors (Lipinski definition) is 1. The van der Waals surface area contributed by atoms with E-state index in [1.54, 1.807) is 18.4 Å². The Bertz CT molecular complexity index is 371. The van der Waals surface area contributed by atoms with E-state index in [2.05, 4.69) is 5.32 Å². The molecule has 1 saturated carbocycles. The summed E-state index contributed by atoms with van der Waals surface area (Å²) in [6, 6.07) is 5.59. The Morgan fingerprint density at radius 1 is 1.71 bits per heavy atom. The zero-order chi connectivity index (χ0) is 10.0. The maximum atomic E-state index is 11.5. The molecule has 1 fully saturated rings. The highest BCUT2D eigenvalue weighted by molar-refractivity contribution is 5.88. The molecular weight excluding hydrogens is 180 g/mol. The molecule has 1 aromatic heterocycles. The van der Waals surface area contributed by atoms with Gasteiger partial charge in [-0.2, -0.15) is 5.26 Å². The second-order valence-electron chi connectivity index (χ2n) is 3.46. The molecule has 0 radical (unpaired) electrons. The number of furan rings is 1. The third-order valence-electron chi connectivity index (χ3n) is 2.40. The van der Waals surface area contributed by atoms with Crippen molar-refractivity contribution in [1.29, 1.82) is 5.26 Å². The molecule has 1 N–H and O–H groups in total. The Hall–Kier alpha value is -1.76. The van der Waals surface area contributed by atoms with E-state index >= 15 is 0 Å². The standard InChI is InChI=1S/C10H10N2O2/c11-7-10(3-4-10)9(13)12-6-8-2-1-5-14-8/h1-2,5H,3-4,6H2,(H,12,13). The van der Waals surface area contributed by atoms with Crippen LogP contribution in [0.4, 0.5) is 0 Å². The lowest BCUT2D eigenvalue weighted by Gasteiger charge is -2.05. The first-order chi connectivity index (χ1) is 6.77. The topological polar surface area (TPSA) is 66.0 Å². The summed E-state index contributed by atoms with van der Waals surface area (Å²) in [7, 11) is 0. The lowest BCUT2D eigenvalue weighted by Crippen LogP contribution is -2.30. The summed E-state index contributed by atoms with van der Waals surface area (Å²) in [5.41, 5.74) is -0.743. The molecule has 1 aromatic rings. The maximum absolute atomic E-state index is 11.5.